The highest BCUT2D eigenvalue weighted by molar-refractivity contribution is 5.87. The number of carbonyl (C=O) groups is 1. The van der Waals surface area contributed by atoms with Gasteiger partial charge in [-0.2, -0.15) is 0 Å². The third-order valence-corrected chi connectivity index (χ3v) is 10.1. The Morgan fingerprint density at radius 2 is 1.88 bits per heavy atom. The molecule has 3 aliphatic heterocycles. The van der Waals surface area contributed by atoms with Crippen LogP contribution in [-0.4, -0.2) is 35.7 Å². The average Bonchev–Trinajstić information content (AvgIpc) is 3.37. The Bertz CT molecular complexity index is 1080. The van der Waals surface area contributed by atoms with Crippen LogP contribution < -0.4 is 4.74 Å². The molecule has 1 saturated heterocycles. The van der Waals surface area contributed by atoms with E-state index in [0.717, 1.165) is 43.2 Å². The van der Waals surface area contributed by atoms with E-state index in [0.29, 0.717) is 24.9 Å². The quantitative estimate of drug-likeness (QED) is 0.339. The van der Waals surface area contributed by atoms with Crippen molar-refractivity contribution < 1.29 is 19.0 Å². The summed E-state index contributed by atoms with van der Waals surface area (Å²) in [5.74, 6) is 3.64. The third kappa shape index (κ3) is 2.75. The molecule has 1 spiro atoms. The van der Waals surface area contributed by atoms with E-state index in [-0.39, 0.29) is 28.6 Å². The fourth-order valence-electron chi connectivity index (χ4n) is 8.50. The Labute approximate surface area is 196 Å². The fraction of sp³-hybridized carbons (Fsp3) is 0.714. The summed E-state index contributed by atoms with van der Waals surface area (Å²) >= 11 is 0. The number of ether oxygens (including phenoxy) is 3. The van der Waals surface area contributed by atoms with Crippen molar-refractivity contribution in [1.82, 2.24) is 0 Å². The molecule has 3 aliphatic carbocycles. The lowest BCUT2D eigenvalue weighted by Crippen LogP contribution is -2.47. The highest BCUT2D eigenvalue weighted by atomic mass is 16.6. The Kier molecular flexibility index (Phi) is 4.11. The molecule has 0 aromatic heterocycles. The van der Waals surface area contributed by atoms with Gasteiger partial charge in [0.25, 0.3) is 0 Å². The molecular formula is C28H35NO4. The van der Waals surface area contributed by atoms with E-state index >= 15 is 0 Å². The van der Waals surface area contributed by atoms with E-state index in [4.69, 9.17) is 19.2 Å². The zero-order valence-corrected chi connectivity index (χ0v) is 20.1. The second-order valence-corrected chi connectivity index (χ2v) is 12.3. The van der Waals surface area contributed by atoms with Crippen LogP contribution in [0.5, 0.6) is 5.75 Å². The van der Waals surface area contributed by atoms with Gasteiger partial charge in [0.05, 0.1) is 5.54 Å². The molecule has 3 heterocycles. The summed E-state index contributed by atoms with van der Waals surface area (Å²) in [7, 11) is 0. The Hall–Kier alpha value is -1.88. The maximum absolute atomic E-state index is 12.0. The maximum atomic E-state index is 12.0. The molecule has 0 amide bonds. The number of hydrogen-bond donors (Lipinski definition) is 0. The van der Waals surface area contributed by atoms with Crippen LogP contribution in [0.3, 0.4) is 0 Å². The molecule has 0 bridgehead atoms. The second kappa shape index (κ2) is 6.62. The van der Waals surface area contributed by atoms with Crippen LogP contribution in [0.4, 0.5) is 0 Å². The molecule has 0 N–H and O–H groups in total. The molecule has 7 rings (SSSR count). The molecule has 176 valence electrons. The normalized spacial score (nSPS) is 42.3. The SMILES string of the molecule is CC1(C)COC([C@@H]2O[C@]23CC[C@H]2[C@@H]4CCc5c(ccc6c5CCCC(=O)O6)[C@H]4CC[C@@]23C)=N1. The summed E-state index contributed by atoms with van der Waals surface area (Å²) in [6.45, 7) is 7.45. The van der Waals surface area contributed by atoms with Gasteiger partial charge in [-0.1, -0.05) is 13.0 Å². The smallest absolute Gasteiger partial charge is 0.311 e. The first-order chi connectivity index (χ1) is 15.8. The minimum absolute atomic E-state index is 0.0622. The Balaban J connectivity index is 1.18. The first-order valence-electron chi connectivity index (χ1n) is 13.1. The number of carbonyl (C=O) groups excluding carboxylic acids is 1. The second-order valence-electron chi connectivity index (χ2n) is 12.3. The average molecular weight is 450 g/mol. The monoisotopic (exact) mass is 449 g/mol. The molecule has 6 atom stereocenters. The molecular weight excluding hydrogens is 414 g/mol. The van der Waals surface area contributed by atoms with Crippen LogP contribution in [0, 0.1) is 17.3 Å². The number of fused-ring (bicyclic) bond motifs is 8. The summed E-state index contributed by atoms with van der Waals surface area (Å²) in [6, 6.07) is 4.37. The number of hydrogen-bond acceptors (Lipinski definition) is 5. The molecule has 0 unspecified atom stereocenters. The molecule has 1 aromatic carbocycles. The molecule has 33 heavy (non-hydrogen) atoms. The highest BCUT2D eigenvalue weighted by Gasteiger charge is 2.76. The van der Waals surface area contributed by atoms with Crippen molar-refractivity contribution in [2.75, 3.05) is 6.61 Å². The van der Waals surface area contributed by atoms with Gasteiger partial charge in [-0.25, -0.2) is 4.99 Å². The van der Waals surface area contributed by atoms with E-state index in [1.54, 1.807) is 5.56 Å². The van der Waals surface area contributed by atoms with Gasteiger partial charge < -0.3 is 14.2 Å². The topological polar surface area (TPSA) is 60.4 Å². The summed E-state index contributed by atoms with van der Waals surface area (Å²) < 4.78 is 18.3. The largest absolute Gasteiger partial charge is 0.476 e. The zero-order valence-electron chi connectivity index (χ0n) is 20.1. The maximum Gasteiger partial charge on any atom is 0.311 e. The predicted molar refractivity (Wildman–Crippen MR) is 125 cm³/mol. The Morgan fingerprint density at radius 3 is 2.70 bits per heavy atom. The van der Waals surface area contributed by atoms with Gasteiger partial charge in [-0.15, -0.1) is 0 Å². The molecule has 5 nitrogen and oxygen atoms in total. The van der Waals surface area contributed by atoms with E-state index in [1.807, 2.05) is 0 Å². The summed E-state index contributed by atoms with van der Waals surface area (Å²) in [6.07, 6.45) is 9.65. The summed E-state index contributed by atoms with van der Waals surface area (Å²) in [5, 5.41) is 0. The number of epoxide rings is 1. The van der Waals surface area contributed by atoms with Crippen LogP contribution in [0.15, 0.2) is 17.1 Å². The van der Waals surface area contributed by atoms with Gasteiger partial charge in [0, 0.05) is 11.8 Å². The molecule has 1 aromatic rings. The first-order valence-corrected chi connectivity index (χ1v) is 13.1. The van der Waals surface area contributed by atoms with Crippen LogP contribution in [0.1, 0.15) is 88.3 Å². The number of aliphatic imine (C=N–C) groups is 1. The molecule has 2 saturated carbocycles. The van der Waals surface area contributed by atoms with E-state index < -0.39 is 0 Å². The van der Waals surface area contributed by atoms with Crippen molar-refractivity contribution in [2.24, 2.45) is 22.2 Å². The van der Waals surface area contributed by atoms with Gasteiger partial charge in [-0.3, -0.25) is 4.79 Å². The van der Waals surface area contributed by atoms with Gasteiger partial charge >= 0.3 is 5.97 Å². The highest BCUT2D eigenvalue weighted by Crippen LogP contribution is 2.71. The van der Waals surface area contributed by atoms with Gasteiger partial charge in [-0.05, 0) is 106 Å². The summed E-state index contributed by atoms with van der Waals surface area (Å²) in [4.78, 5) is 16.8. The lowest BCUT2D eigenvalue weighted by molar-refractivity contribution is -0.134. The predicted octanol–water partition coefficient (Wildman–Crippen LogP) is 5.13. The van der Waals surface area contributed by atoms with Gasteiger partial charge in [0.15, 0.2) is 6.10 Å². The zero-order chi connectivity index (χ0) is 22.6. The molecule has 0 radical (unpaired) electrons. The van der Waals surface area contributed by atoms with Crippen molar-refractivity contribution in [3.8, 4) is 5.75 Å². The summed E-state index contributed by atoms with van der Waals surface area (Å²) in [5.41, 5.74) is 4.37. The third-order valence-electron chi connectivity index (χ3n) is 10.1. The van der Waals surface area contributed by atoms with Crippen molar-refractivity contribution in [3.05, 3.63) is 28.8 Å². The number of benzene rings is 1. The lowest BCUT2D eigenvalue weighted by atomic mass is 9.53. The van der Waals surface area contributed by atoms with Crippen molar-refractivity contribution >= 4 is 11.9 Å². The standard InChI is InChI=1S/C28H35NO4/c1-26(2)15-31-25(29-26)24-28(33-24)14-12-21-19-8-7-17-16(18(19)11-13-27(21,28)3)9-10-22-20(17)5-4-6-23(30)32-22/h9-10,18-19,21,24H,4-8,11-15H2,1-3H3/t18-,19-,21+,24+,27+,28-/m1/s1. The van der Waals surface area contributed by atoms with E-state index in [2.05, 4.69) is 32.9 Å². The number of rotatable bonds is 1. The van der Waals surface area contributed by atoms with Gasteiger partial charge in [0.1, 0.15) is 18.0 Å². The van der Waals surface area contributed by atoms with Crippen molar-refractivity contribution in [1.29, 1.82) is 0 Å². The lowest BCUT2D eigenvalue weighted by Gasteiger charge is -2.50. The number of esters is 1. The minimum Gasteiger partial charge on any atom is -0.476 e. The van der Waals surface area contributed by atoms with Gasteiger partial charge in [0.2, 0.25) is 5.90 Å². The first kappa shape index (κ1) is 20.5. The van der Waals surface area contributed by atoms with Crippen LogP contribution in [-0.2, 0) is 27.1 Å². The van der Waals surface area contributed by atoms with Crippen molar-refractivity contribution in [2.45, 2.75) is 102 Å². The van der Waals surface area contributed by atoms with E-state index in [9.17, 15) is 4.79 Å². The molecule has 5 heteroatoms. The molecule has 6 aliphatic rings. The number of nitrogens with zero attached hydrogens (tertiary/aromatic N) is 1. The molecule has 3 fully saturated rings. The minimum atomic E-state index is -0.127. The van der Waals surface area contributed by atoms with Crippen molar-refractivity contribution in [3.63, 3.8) is 0 Å². The van der Waals surface area contributed by atoms with E-state index in [1.165, 1.54) is 36.8 Å². The van der Waals surface area contributed by atoms with Crippen LogP contribution in [0.25, 0.3) is 0 Å². The van der Waals surface area contributed by atoms with Crippen LogP contribution >= 0.6 is 0 Å². The Morgan fingerprint density at radius 1 is 1.00 bits per heavy atom. The fourth-order valence-corrected chi connectivity index (χ4v) is 8.50. The van der Waals surface area contributed by atoms with Crippen LogP contribution in [0.2, 0.25) is 0 Å².